The minimum atomic E-state index is -4.73. The van der Waals surface area contributed by atoms with Gasteiger partial charge in [0.1, 0.15) is 11.6 Å². The van der Waals surface area contributed by atoms with Crippen molar-refractivity contribution in [1.29, 1.82) is 0 Å². The lowest BCUT2D eigenvalue weighted by Gasteiger charge is -2.08. The predicted molar refractivity (Wildman–Crippen MR) is 56.8 cm³/mol. The number of hydrogen-bond acceptors (Lipinski definition) is 3. The molecule has 0 saturated carbocycles. The summed E-state index contributed by atoms with van der Waals surface area (Å²) in [6.45, 7) is 0. The third-order valence-electron chi connectivity index (χ3n) is 2.15. The van der Waals surface area contributed by atoms with Crippen molar-refractivity contribution in [3.05, 3.63) is 42.0 Å². The van der Waals surface area contributed by atoms with Crippen molar-refractivity contribution in [2.75, 3.05) is 5.73 Å². The van der Waals surface area contributed by atoms with E-state index in [0.29, 0.717) is 0 Å². The van der Waals surface area contributed by atoms with Crippen molar-refractivity contribution in [1.82, 2.24) is 9.97 Å². The van der Waals surface area contributed by atoms with E-state index in [2.05, 4.69) is 9.97 Å². The monoisotopic (exact) mass is 257 g/mol. The molecule has 0 saturated heterocycles. The summed E-state index contributed by atoms with van der Waals surface area (Å²) in [6, 6.07) is 6.45. The van der Waals surface area contributed by atoms with Gasteiger partial charge >= 0.3 is 6.18 Å². The van der Waals surface area contributed by atoms with E-state index in [9.17, 15) is 17.6 Å². The molecule has 1 heterocycles. The van der Waals surface area contributed by atoms with E-state index in [0.717, 1.165) is 12.1 Å². The van der Waals surface area contributed by atoms with Gasteiger partial charge in [0.15, 0.2) is 0 Å². The molecular weight excluding hydrogens is 250 g/mol. The Bertz CT molecular complexity index is 581. The molecule has 0 aliphatic heterocycles. The Balaban J connectivity index is 2.60. The average molecular weight is 257 g/mol. The predicted octanol–water partition coefficient (Wildman–Crippen LogP) is 2.88. The first-order valence-corrected chi connectivity index (χ1v) is 4.84. The van der Waals surface area contributed by atoms with Gasteiger partial charge in [0.05, 0.1) is 5.69 Å². The molecule has 0 amide bonds. The van der Waals surface area contributed by atoms with Crippen molar-refractivity contribution in [2.24, 2.45) is 0 Å². The smallest absolute Gasteiger partial charge is 0.384 e. The Morgan fingerprint density at radius 2 is 1.72 bits per heavy atom. The highest BCUT2D eigenvalue weighted by Crippen LogP contribution is 2.29. The van der Waals surface area contributed by atoms with Crippen LogP contribution in [0, 0.1) is 5.82 Å². The van der Waals surface area contributed by atoms with Crippen LogP contribution in [0.25, 0.3) is 11.3 Å². The number of hydrogen-bond donors (Lipinski definition) is 1. The van der Waals surface area contributed by atoms with Gasteiger partial charge in [0, 0.05) is 11.6 Å². The zero-order chi connectivity index (χ0) is 13.3. The maximum absolute atomic E-state index is 13.5. The summed E-state index contributed by atoms with van der Waals surface area (Å²) in [5.74, 6) is -2.43. The molecule has 94 valence electrons. The minimum absolute atomic E-state index is 0.0582. The van der Waals surface area contributed by atoms with Gasteiger partial charge in [0.2, 0.25) is 5.82 Å². The van der Waals surface area contributed by atoms with E-state index < -0.39 is 17.8 Å². The minimum Gasteiger partial charge on any atom is -0.384 e. The van der Waals surface area contributed by atoms with Crippen molar-refractivity contribution >= 4 is 5.82 Å². The second-order valence-electron chi connectivity index (χ2n) is 3.48. The Labute approximate surface area is 99.3 Å². The van der Waals surface area contributed by atoms with Crippen LogP contribution >= 0.6 is 0 Å². The molecule has 1 aromatic carbocycles. The summed E-state index contributed by atoms with van der Waals surface area (Å²) in [5, 5.41) is 0. The van der Waals surface area contributed by atoms with Gasteiger partial charge < -0.3 is 5.73 Å². The van der Waals surface area contributed by atoms with E-state index in [-0.39, 0.29) is 17.1 Å². The number of halogens is 4. The standard InChI is InChI=1S/C11H7F4N3/c12-7-4-2-1-3-6(7)8-5-9(16)18-10(17-8)11(13,14)15/h1-5H,(H2,16,17,18). The summed E-state index contributed by atoms with van der Waals surface area (Å²) in [6.07, 6.45) is -4.73. The fourth-order valence-electron chi connectivity index (χ4n) is 1.40. The number of anilines is 1. The van der Waals surface area contributed by atoms with Crippen molar-refractivity contribution < 1.29 is 17.6 Å². The van der Waals surface area contributed by atoms with Gasteiger partial charge in [-0.1, -0.05) is 12.1 Å². The van der Waals surface area contributed by atoms with Gasteiger partial charge in [-0.25, -0.2) is 14.4 Å². The first-order valence-electron chi connectivity index (χ1n) is 4.84. The molecule has 2 aromatic rings. The number of benzene rings is 1. The summed E-state index contributed by atoms with van der Waals surface area (Å²) >= 11 is 0. The van der Waals surface area contributed by atoms with Gasteiger partial charge in [-0.05, 0) is 12.1 Å². The van der Waals surface area contributed by atoms with E-state index in [4.69, 9.17) is 5.73 Å². The van der Waals surface area contributed by atoms with Crippen molar-refractivity contribution in [3.63, 3.8) is 0 Å². The zero-order valence-electron chi connectivity index (χ0n) is 8.87. The highest BCUT2D eigenvalue weighted by Gasteiger charge is 2.35. The molecular formula is C11H7F4N3. The Morgan fingerprint density at radius 3 is 2.33 bits per heavy atom. The molecule has 3 nitrogen and oxygen atoms in total. The summed E-state index contributed by atoms with van der Waals surface area (Å²) in [4.78, 5) is 6.36. The molecule has 0 radical (unpaired) electrons. The maximum atomic E-state index is 13.5. The normalized spacial score (nSPS) is 11.6. The molecule has 0 fully saturated rings. The third kappa shape index (κ3) is 2.39. The first-order chi connectivity index (χ1) is 8.38. The van der Waals surface area contributed by atoms with Crippen LogP contribution < -0.4 is 5.73 Å². The Morgan fingerprint density at radius 1 is 1.06 bits per heavy atom. The number of rotatable bonds is 1. The molecule has 0 aliphatic carbocycles. The van der Waals surface area contributed by atoms with Crippen LogP contribution in [0.1, 0.15) is 5.82 Å². The SMILES string of the molecule is Nc1cc(-c2ccccc2F)nc(C(F)(F)F)n1. The number of nitrogen functional groups attached to an aromatic ring is 1. The lowest BCUT2D eigenvalue weighted by atomic mass is 10.1. The Kier molecular flexibility index (Phi) is 2.90. The van der Waals surface area contributed by atoms with Crippen LogP contribution in [-0.4, -0.2) is 9.97 Å². The van der Waals surface area contributed by atoms with Crippen LogP contribution in [0.3, 0.4) is 0 Å². The summed E-state index contributed by atoms with van der Waals surface area (Å²) in [7, 11) is 0. The van der Waals surface area contributed by atoms with Gasteiger partial charge in [-0.15, -0.1) is 0 Å². The van der Waals surface area contributed by atoms with Crippen LogP contribution in [0.5, 0.6) is 0 Å². The van der Waals surface area contributed by atoms with Crippen molar-refractivity contribution in [3.8, 4) is 11.3 Å². The zero-order valence-corrected chi connectivity index (χ0v) is 8.87. The second kappa shape index (κ2) is 4.25. The van der Waals surface area contributed by atoms with E-state index in [1.165, 1.54) is 18.2 Å². The molecule has 0 spiro atoms. The topological polar surface area (TPSA) is 51.8 Å². The molecule has 0 bridgehead atoms. The number of aromatic nitrogens is 2. The number of alkyl halides is 3. The van der Waals surface area contributed by atoms with Crippen molar-refractivity contribution in [2.45, 2.75) is 6.18 Å². The number of nitrogens with zero attached hydrogens (tertiary/aromatic N) is 2. The van der Waals surface area contributed by atoms with Gasteiger partial charge in [0.25, 0.3) is 0 Å². The number of nitrogens with two attached hydrogens (primary N) is 1. The molecule has 18 heavy (non-hydrogen) atoms. The van der Waals surface area contributed by atoms with Crippen LogP contribution in [0.4, 0.5) is 23.4 Å². The van der Waals surface area contributed by atoms with Gasteiger partial charge in [-0.2, -0.15) is 13.2 Å². The summed E-state index contributed by atoms with van der Waals surface area (Å²) < 4.78 is 50.9. The maximum Gasteiger partial charge on any atom is 0.451 e. The van der Waals surface area contributed by atoms with Gasteiger partial charge in [-0.3, -0.25) is 0 Å². The van der Waals surface area contributed by atoms with E-state index in [1.807, 2.05) is 0 Å². The van der Waals surface area contributed by atoms with Crippen LogP contribution in [0.2, 0.25) is 0 Å². The first kappa shape index (κ1) is 12.3. The highest BCUT2D eigenvalue weighted by molar-refractivity contribution is 5.62. The molecule has 0 aliphatic rings. The fourth-order valence-corrected chi connectivity index (χ4v) is 1.40. The molecule has 2 rings (SSSR count). The molecule has 7 heteroatoms. The van der Waals surface area contributed by atoms with Crippen LogP contribution in [0.15, 0.2) is 30.3 Å². The fraction of sp³-hybridized carbons (Fsp3) is 0.0909. The van der Waals surface area contributed by atoms with E-state index in [1.54, 1.807) is 0 Å². The Hall–Kier alpha value is -2.18. The lowest BCUT2D eigenvalue weighted by molar-refractivity contribution is -0.144. The molecule has 1 aromatic heterocycles. The molecule has 0 unspecified atom stereocenters. The molecule has 2 N–H and O–H groups in total. The second-order valence-corrected chi connectivity index (χ2v) is 3.48. The molecule has 0 atom stereocenters. The lowest BCUT2D eigenvalue weighted by Crippen LogP contribution is -2.13. The quantitative estimate of drug-likeness (QED) is 0.799. The van der Waals surface area contributed by atoms with E-state index >= 15 is 0 Å². The highest BCUT2D eigenvalue weighted by atomic mass is 19.4. The summed E-state index contributed by atoms with van der Waals surface area (Å²) in [5.41, 5.74) is 5.01. The average Bonchev–Trinajstić information content (AvgIpc) is 2.27. The van der Waals surface area contributed by atoms with Crippen LogP contribution in [-0.2, 0) is 6.18 Å². The third-order valence-corrected chi connectivity index (χ3v) is 2.15. The largest absolute Gasteiger partial charge is 0.451 e.